The van der Waals surface area contributed by atoms with Crippen LogP contribution in [-0.4, -0.2) is 0 Å². The van der Waals surface area contributed by atoms with Gasteiger partial charge in [-0.25, -0.2) is 0 Å². The van der Waals surface area contributed by atoms with Gasteiger partial charge in [-0.15, -0.1) is 0 Å². The maximum atomic E-state index is 6.10. The molecule has 2 N–H and O–H groups in total. The summed E-state index contributed by atoms with van der Waals surface area (Å²) in [6.07, 6.45) is 0. The third kappa shape index (κ3) is 3.65. The minimum absolute atomic E-state index is 0.445. The van der Waals surface area contributed by atoms with E-state index >= 15 is 0 Å². The number of benzene rings is 2. The van der Waals surface area contributed by atoms with Crippen LogP contribution in [0.1, 0.15) is 30.9 Å². The molecule has 0 heterocycles. The van der Waals surface area contributed by atoms with Crippen molar-refractivity contribution in [1.82, 2.24) is 0 Å². The Hall–Kier alpha value is -1.67. The summed E-state index contributed by atoms with van der Waals surface area (Å²) in [4.78, 5) is 0. The summed E-state index contributed by atoms with van der Waals surface area (Å²) < 4.78 is 5.72. The average Bonchev–Trinajstić information content (AvgIpc) is 2.38. The predicted octanol–water partition coefficient (Wildman–Crippen LogP) is 4.62. The lowest BCUT2D eigenvalue weighted by atomic mass is 10.0. The van der Waals surface area contributed by atoms with Crippen molar-refractivity contribution in [2.45, 2.75) is 26.4 Å². The lowest BCUT2D eigenvalue weighted by Gasteiger charge is -2.10. The van der Waals surface area contributed by atoms with E-state index in [1.807, 2.05) is 24.3 Å². The molecule has 2 aromatic rings. The molecule has 2 rings (SSSR count). The Morgan fingerprint density at radius 2 is 1.79 bits per heavy atom. The number of halogens is 1. The van der Waals surface area contributed by atoms with Crippen LogP contribution in [0.5, 0.6) is 5.75 Å². The molecule has 0 saturated carbocycles. The standard InChI is InChI=1S/C16H18ClNO/c1-11(2)12-4-7-15(8-5-12)19-10-13-3-6-14(18)9-16(13)17/h3-9,11H,10,18H2,1-2H3. The van der Waals surface area contributed by atoms with Crippen LogP contribution in [0.15, 0.2) is 42.5 Å². The van der Waals surface area contributed by atoms with Gasteiger partial charge in [0.05, 0.1) is 0 Å². The van der Waals surface area contributed by atoms with Gasteiger partial charge in [-0.05, 0) is 35.7 Å². The average molecular weight is 276 g/mol. The highest BCUT2D eigenvalue weighted by Crippen LogP contribution is 2.22. The minimum atomic E-state index is 0.445. The van der Waals surface area contributed by atoms with Gasteiger partial charge in [0.1, 0.15) is 12.4 Å². The molecular weight excluding hydrogens is 258 g/mol. The van der Waals surface area contributed by atoms with Gasteiger partial charge in [0.2, 0.25) is 0 Å². The molecule has 0 aliphatic rings. The number of anilines is 1. The Morgan fingerprint density at radius 3 is 2.37 bits per heavy atom. The fourth-order valence-corrected chi connectivity index (χ4v) is 2.03. The second kappa shape index (κ2) is 5.98. The van der Waals surface area contributed by atoms with Crippen molar-refractivity contribution in [1.29, 1.82) is 0 Å². The zero-order valence-corrected chi connectivity index (χ0v) is 11.9. The van der Waals surface area contributed by atoms with E-state index in [0.717, 1.165) is 11.3 Å². The number of ether oxygens (including phenoxy) is 1. The van der Waals surface area contributed by atoms with Crippen LogP contribution in [0, 0.1) is 0 Å². The monoisotopic (exact) mass is 275 g/mol. The molecule has 0 unspecified atom stereocenters. The lowest BCUT2D eigenvalue weighted by Crippen LogP contribution is -1.97. The summed E-state index contributed by atoms with van der Waals surface area (Å²) in [5, 5.41) is 0.638. The van der Waals surface area contributed by atoms with Crippen LogP contribution in [0.25, 0.3) is 0 Å². The Labute approximate surface area is 119 Å². The zero-order chi connectivity index (χ0) is 13.8. The highest BCUT2D eigenvalue weighted by atomic mass is 35.5. The van der Waals surface area contributed by atoms with Crippen molar-refractivity contribution in [3.8, 4) is 5.75 Å². The third-order valence-corrected chi connectivity index (χ3v) is 3.37. The van der Waals surface area contributed by atoms with E-state index in [2.05, 4.69) is 26.0 Å². The molecule has 0 aliphatic heterocycles. The molecule has 0 fully saturated rings. The molecule has 0 atom stereocenters. The molecule has 0 amide bonds. The van der Waals surface area contributed by atoms with Crippen molar-refractivity contribution in [2.75, 3.05) is 5.73 Å². The Bertz CT molecular complexity index is 549. The highest BCUT2D eigenvalue weighted by Gasteiger charge is 2.03. The number of nitrogen functional groups attached to an aromatic ring is 1. The summed E-state index contributed by atoms with van der Waals surface area (Å²) in [6.45, 7) is 4.79. The van der Waals surface area contributed by atoms with Gasteiger partial charge in [0.25, 0.3) is 0 Å². The van der Waals surface area contributed by atoms with Crippen LogP contribution < -0.4 is 10.5 Å². The maximum absolute atomic E-state index is 6.10. The molecule has 2 aromatic carbocycles. The van der Waals surface area contributed by atoms with Gasteiger partial charge < -0.3 is 10.5 Å². The van der Waals surface area contributed by atoms with E-state index in [4.69, 9.17) is 22.1 Å². The molecule has 19 heavy (non-hydrogen) atoms. The maximum Gasteiger partial charge on any atom is 0.119 e. The van der Waals surface area contributed by atoms with E-state index in [1.165, 1.54) is 5.56 Å². The van der Waals surface area contributed by atoms with Crippen molar-refractivity contribution in [3.05, 3.63) is 58.6 Å². The number of hydrogen-bond donors (Lipinski definition) is 1. The van der Waals surface area contributed by atoms with Crippen molar-refractivity contribution in [2.24, 2.45) is 0 Å². The van der Waals surface area contributed by atoms with Gasteiger partial charge in [0, 0.05) is 16.3 Å². The van der Waals surface area contributed by atoms with Gasteiger partial charge in [-0.1, -0.05) is 43.6 Å². The fraction of sp³-hybridized carbons (Fsp3) is 0.250. The van der Waals surface area contributed by atoms with Crippen LogP contribution in [0.3, 0.4) is 0 Å². The van der Waals surface area contributed by atoms with E-state index in [0.29, 0.717) is 23.2 Å². The predicted molar refractivity (Wildman–Crippen MR) is 80.7 cm³/mol. The Kier molecular flexibility index (Phi) is 4.33. The molecule has 0 aliphatic carbocycles. The largest absolute Gasteiger partial charge is 0.489 e. The topological polar surface area (TPSA) is 35.2 Å². The lowest BCUT2D eigenvalue weighted by molar-refractivity contribution is 0.306. The smallest absolute Gasteiger partial charge is 0.119 e. The molecular formula is C16H18ClNO. The van der Waals surface area contributed by atoms with Crippen molar-refractivity contribution >= 4 is 17.3 Å². The fourth-order valence-electron chi connectivity index (χ4n) is 1.79. The van der Waals surface area contributed by atoms with Crippen LogP contribution >= 0.6 is 11.6 Å². The summed E-state index contributed by atoms with van der Waals surface area (Å²) in [5.74, 6) is 1.37. The van der Waals surface area contributed by atoms with E-state index in [9.17, 15) is 0 Å². The summed E-state index contributed by atoms with van der Waals surface area (Å²) in [6, 6.07) is 13.6. The molecule has 0 saturated heterocycles. The third-order valence-electron chi connectivity index (χ3n) is 3.02. The van der Waals surface area contributed by atoms with Crippen LogP contribution in [0.2, 0.25) is 5.02 Å². The molecule has 0 spiro atoms. The number of hydrogen-bond acceptors (Lipinski definition) is 2. The van der Waals surface area contributed by atoms with Gasteiger partial charge in [-0.2, -0.15) is 0 Å². The molecule has 0 aromatic heterocycles. The van der Waals surface area contributed by atoms with Crippen molar-refractivity contribution < 1.29 is 4.74 Å². The second-order valence-corrected chi connectivity index (χ2v) is 5.27. The van der Waals surface area contributed by atoms with Crippen molar-refractivity contribution in [3.63, 3.8) is 0 Å². The van der Waals surface area contributed by atoms with Crippen LogP contribution in [0.4, 0.5) is 5.69 Å². The Morgan fingerprint density at radius 1 is 1.11 bits per heavy atom. The van der Waals surface area contributed by atoms with Gasteiger partial charge >= 0.3 is 0 Å². The summed E-state index contributed by atoms with van der Waals surface area (Å²) in [7, 11) is 0. The number of nitrogens with two attached hydrogens (primary N) is 1. The van der Waals surface area contributed by atoms with Gasteiger partial charge in [-0.3, -0.25) is 0 Å². The molecule has 0 radical (unpaired) electrons. The first-order valence-corrected chi connectivity index (χ1v) is 6.70. The minimum Gasteiger partial charge on any atom is -0.489 e. The molecule has 0 bridgehead atoms. The highest BCUT2D eigenvalue weighted by molar-refractivity contribution is 6.31. The van der Waals surface area contributed by atoms with Crippen LogP contribution in [-0.2, 0) is 6.61 Å². The zero-order valence-electron chi connectivity index (χ0n) is 11.2. The summed E-state index contributed by atoms with van der Waals surface area (Å²) in [5.41, 5.74) is 8.55. The first kappa shape index (κ1) is 13.8. The quantitative estimate of drug-likeness (QED) is 0.826. The van der Waals surface area contributed by atoms with E-state index in [-0.39, 0.29) is 0 Å². The first-order valence-electron chi connectivity index (χ1n) is 6.33. The number of rotatable bonds is 4. The second-order valence-electron chi connectivity index (χ2n) is 4.86. The van der Waals surface area contributed by atoms with Gasteiger partial charge in [0.15, 0.2) is 0 Å². The molecule has 100 valence electrons. The molecule has 3 heteroatoms. The Balaban J connectivity index is 2.02. The molecule has 2 nitrogen and oxygen atoms in total. The SMILES string of the molecule is CC(C)c1ccc(OCc2ccc(N)cc2Cl)cc1. The first-order chi connectivity index (χ1) is 9.06. The normalized spacial score (nSPS) is 10.7. The summed E-state index contributed by atoms with van der Waals surface area (Å²) >= 11 is 6.10. The van der Waals surface area contributed by atoms with E-state index < -0.39 is 0 Å². The van der Waals surface area contributed by atoms with E-state index in [1.54, 1.807) is 6.07 Å².